The summed E-state index contributed by atoms with van der Waals surface area (Å²) >= 11 is 6.12. The average molecular weight is 324 g/mol. The quantitative estimate of drug-likeness (QED) is 0.760. The van der Waals surface area contributed by atoms with E-state index in [-0.39, 0.29) is 12.2 Å². The summed E-state index contributed by atoms with van der Waals surface area (Å²) in [6, 6.07) is 8.01. The van der Waals surface area contributed by atoms with Crippen molar-refractivity contribution in [2.24, 2.45) is 0 Å². The Morgan fingerprint density at radius 2 is 2.05 bits per heavy atom. The first-order valence-corrected chi connectivity index (χ1v) is 7.18. The van der Waals surface area contributed by atoms with Gasteiger partial charge < -0.3 is 19.9 Å². The third-order valence-corrected chi connectivity index (χ3v) is 3.61. The maximum absolute atomic E-state index is 11.0. The van der Waals surface area contributed by atoms with E-state index in [1.165, 1.54) is 18.2 Å². The van der Waals surface area contributed by atoms with Gasteiger partial charge in [-0.25, -0.2) is 4.79 Å². The fourth-order valence-corrected chi connectivity index (χ4v) is 2.06. The number of benzene rings is 1. The highest BCUT2D eigenvalue weighted by molar-refractivity contribution is 6.33. The van der Waals surface area contributed by atoms with E-state index in [2.05, 4.69) is 5.32 Å². The van der Waals surface area contributed by atoms with Crippen molar-refractivity contribution in [1.29, 1.82) is 0 Å². The summed E-state index contributed by atoms with van der Waals surface area (Å²) in [4.78, 5) is 11.0. The van der Waals surface area contributed by atoms with Gasteiger partial charge in [-0.15, -0.1) is 0 Å². The van der Waals surface area contributed by atoms with Gasteiger partial charge in [0, 0.05) is 11.1 Å². The van der Waals surface area contributed by atoms with Gasteiger partial charge in [-0.1, -0.05) is 11.6 Å². The second-order valence-corrected chi connectivity index (χ2v) is 6.07. The molecule has 0 saturated heterocycles. The molecule has 0 aliphatic heterocycles. The number of hydrogen-bond acceptors (Lipinski definition) is 4. The van der Waals surface area contributed by atoms with Gasteiger partial charge in [0.05, 0.1) is 23.7 Å². The lowest BCUT2D eigenvalue weighted by molar-refractivity contribution is 0.0697. The molecule has 2 aromatic rings. The number of aliphatic hydroxyl groups excluding tert-OH is 1. The molecule has 0 fully saturated rings. The van der Waals surface area contributed by atoms with Gasteiger partial charge in [-0.05, 0) is 44.2 Å². The van der Waals surface area contributed by atoms with Crippen LogP contribution in [0.15, 0.2) is 34.7 Å². The van der Waals surface area contributed by atoms with Crippen molar-refractivity contribution in [3.63, 3.8) is 0 Å². The lowest BCUT2D eigenvalue weighted by atomic mass is 10.1. The molecule has 2 rings (SSSR count). The Morgan fingerprint density at radius 3 is 2.68 bits per heavy atom. The molecular formula is C16H18ClNO4. The second-order valence-electron chi connectivity index (χ2n) is 5.66. The van der Waals surface area contributed by atoms with Crippen LogP contribution in [0, 0.1) is 0 Å². The lowest BCUT2D eigenvalue weighted by Crippen LogP contribution is -2.41. The van der Waals surface area contributed by atoms with Crippen LogP contribution in [0.3, 0.4) is 0 Å². The number of aliphatic hydroxyl groups is 1. The molecule has 6 heteroatoms. The van der Waals surface area contributed by atoms with E-state index in [4.69, 9.17) is 21.1 Å². The molecule has 22 heavy (non-hydrogen) atoms. The number of halogens is 1. The summed E-state index contributed by atoms with van der Waals surface area (Å²) in [5, 5.41) is 21.8. The standard InChI is InChI=1S/C16H18ClNO4/c1-16(2,9-19)18-8-11-4-6-14(22-11)12-7-10(15(20)21)3-5-13(12)17/h3-7,18-19H,8-9H2,1-2H3,(H,20,21). The van der Waals surface area contributed by atoms with E-state index in [0.29, 0.717) is 28.7 Å². The van der Waals surface area contributed by atoms with Crippen LogP contribution in [0.2, 0.25) is 5.02 Å². The van der Waals surface area contributed by atoms with Crippen LogP contribution >= 0.6 is 11.6 Å². The van der Waals surface area contributed by atoms with E-state index in [1.54, 1.807) is 12.1 Å². The predicted molar refractivity (Wildman–Crippen MR) is 84.1 cm³/mol. The Balaban J connectivity index is 2.21. The molecule has 0 saturated carbocycles. The minimum Gasteiger partial charge on any atom is -0.478 e. The Kier molecular flexibility index (Phi) is 4.90. The van der Waals surface area contributed by atoms with Crippen LogP contribution in [0.25, 0.3) is 11.3 Å². The SMILES string of the molecule is CC(C)(CO)NCc1ccc(-c2cc(C(=O)O)ccc2Cl)o1. The molecule has 0 spiro atoms. The Bertz CT molecular complexity index is 679. The summed E-state index contributed by atoms with van der Waals surface area (Å²) in [6.07, 6.45) is 0. The third kappa shape index (κ3) is 3.88. The van der Waals surface area contributed by atoms with Gasteiger partial charge in [0.1, 0.15) is 11.5 Å². The summed E-state index contributed by atoms with van der Waals surface area (Å²) in [5.74, 6) is 0.163. The monoisotopic (exact) mass is 323 g/mol. The molecule has 5 nitrogen and oxygen atoms in total. The minimum atomic E-state index is -1.02. The lowest BCUT2D eigenvalue weighted by Gasteiger charge is -2.22. The van der Waals surface area contributed by atoms with Crippen molar-refractivity contribution in [2.45, 2.75) is 25.9 Å². The summed E-state index contributed by atoms with van der Waals surface area (Å²) in [6.45, 7) is 4.21. The number of nitrogens with one attached hydrogen (secondary N) is 1. The number of aromatic carboxylic acids is 1. The van der Waals surface area contributed by atoms with E-state index in [1.807, 2.05) is 13.8 Å². The van der Waals surface area contributed by atoms with Gasteiger partial charge in [0.2, 0.25) is 0 Å². The molecule has 1 aromatic heterocycles. The Hall–Kier alpha value is -1.82. The average Bonchev–Trinajstić information content (AvgIpc) is 2.94. The predicted octanol–water partition coefficient (Wildman–Crippen LogP) is 3.16. The molecule has 0 aliphatic rings. The van der Waals surface area contributed by atoms with E-state index < -0.39 is 11.5 Å². The van der Waals surface area contributed by atoms with Crippen LogP contribution in [-0.4, -0.2) is 28.3 Å². The van der Waals surface area contributed by atoms with Crippen molar-refractivity contribution in [1.82, 2.24) is 5.32 Å². The Labute approximate surface area is 133 Å². The maximum Gasteiger partial charge on any atom is 0.335 e. The molecule has 0 radical (unpaired) electrons. The first-order valence-electron chi connectivity index (χ1n) is 6.80. The smallest absolute Gasteiger partial charge is 0.335 e. The highest BCUT2D eigenvalue weighted by atomic mass is 35.5. The molecule has 1 heterocycles. The first kappa shape index (κ1) is 16.5. The molecule has 0 amide bonds. The van der Waals surface area contributed by atoms with Crippen molar-refractivity contribution in [3.8, 4) is 11.3 Å². The minimum absolute atomic E-state index is 0.00699. The number of carboxylic acid groups (broad SMARTS) is 1. The number of carbonyl (C=O) groups is 1. The third-order valence-electron chi connectivity index (χ3n) is 3.28. The van der Waals surface area contributed by atoms with Crippen LogP contribution in [0.5, 0.6) is 0 Å². The zero-order valence-electron chi connectivity index (χ0n) is 12.4. The molecular weight excluding hydrogens is 306 g/mol. The summed E-state index contributed by atoms with van der Waals surface area (Å²) in [7, 11) is 0. The van der Waals surface area contributed by atoms with Crippen LogP contribution < -0.4 is 5.32 Å². The molecule has 0 unspecified atom stereocenters. The van der Waals surface area contributed by atoms with Crippen molar-refractivity contribution >= 4 is 17.6 Å². The Morgan fingerprint density at radius 1 is 1.32 bits per heavy atom. The number of hydrogen-bond donors (Lipinski definition) is 3. The highest BCUT2D eigenvalue weighted by Gasteiger charge is 2.17. The first-order chi connectivity index (χ1) is 10.3. The van der Waals surface area contributed by atoms with Crippen LogP contribution in [0.1, 0.15) is 30.0 Å². The van der Waals surface area contributed by atoms with E-state index >= 15 is 0 Å². The van der Waals surface area contributed by atoms with Gasteiger partial charge in [0.25, 0.3) is 0 Å². The molecule has 0 aliphatic carbocycles. The van der Waals surface area contributed by atoms with Crippen molar-refractivity contribution in [3.05, 3.63) is 46.7 Å². The summed E-state index contributed by atoms with van der Waals surface area (Å²) < 4.78 is 5.70. The number of furan rings is 1. The van der Waals surface area contributed by atoms with Crippen molar-refractivity contribution in [2.75, 3.05) is 6.61 Å². The molecule has 0 atom stereocenters. The number of rotatable bonds is 6. The number of carboxylic acids is 1. The molecule has 118 valence electrons. The van der Waals surface area contributed by atoms with Gasteiger partial charge >= 0.3 is 5.97 Å². The van der Waals surface area contributed by atoms with Crippen LogP contribution in [-0.2, 0) is 6.54 Å². The molecule has 3 N–H and O–H groups in total. The topological polar surface area (TPSA) is 82.7 Å². The largest absolute Gasteiger partial charge is 0.478 e. The fraction of sp³-hybridized carbons (Fsp3) is 0.312. The fourth-order valence-electron chi connectivity index (χ4n) is 1.85. The van der Waals surface area contributed by atoms with E-state index in [0.717, 1.165) is 0 Å². The zero-order chi connectivity index (χ0) is 16.3. The summed E-state index contributed by atoms with van der Waals surface area (Å²) in [5.41, 5.74) is 0.277. The van der Waals surface area contributed by atoms with Gasteiger partial charge in [0.15, 0.2) is 0 Å². The van der Waals surface area contributed by atoms with Crippen LogP contribution in [0.4, 0.5) is 0 Å². The van der Waals surface area contributed by atoms with E-state index in [9.17, 15) is 9.90 Å². The molecule has 1 aromatic carbocycles. The van der Waals surface area contributed by atoms with Gasteiger partial charge in [-0.2, -0.15) is 0 Å². The molecule has 0 bridgehead atoms. The highest BCUT2D eigenvalue weighted by Crippen LogP contribution is 2.30. The normalized spacial score (nSPS) is 11.6. The second kappa shape index (κ2) is 6.52. The van der Waals surface area contributed by atoms with Crippen molar-refractivity contribution < 1.29 is 19.4 Å². The maximum atomic E-state index is 11.0. The zero-order valence-corrected chi connectivity index (χ0v) is 13.1. The van der Waals surface area contributed by atoms with Gasteiger partial charge in [-0.3, -0.25) is 0 Å².